The van der Waals surface area contributed by atoms with E-state index in [0.717, 1.165) is 30.8 Å². The van der Waals surface area contributed by atoms with Crippen molar-refractivity contribution in [3.8, 4) is 0 Å². The number of halogens is 1. The van der Waals surface area contributed by atoms with Crippen molar-refractivity contribution in [3.63, 3.8) is 0 Å². The molecule has 2 heterocycles. The predicted octanol–water partition coefficient (Wildman–Crippen LogP) is 2.18. The van der Waals surface area contributed by atoms with E-state index in [1.54, 1.807) is 24.2 Å². The molecule has 1 aromatic rings. The van der Waals surface area contributed by atoms with Gasteiger partial charge in [-0.2, -0.15) is 0 Å². The fraction of sp³-hybridized carbons (Fsp3) is 0.571. The third-order valence-corrected chi connectivity index (χ3v) is 4.56. The number of carbonyl (C=O) groups excluding carboxylic acids is 1. The second-order valence-corrected chi connectivity index (χ2v) is 6.12. The Morgan fingerprint density at radius 1 is 1.55 bits per heavy atom. The summed E-state index contributed by atoms with van der Waals surface area (Å²) in [5, 5.41) is 0. The van der Waals surface area contributed by atoms with Gasteiger partial charge in [-0.05, 0) is 37.8 Å². The van der Waals surface area contributed by atoms with Crippen molar-refractivity contribution in [1.82, 2.24) is 9.88 Å². The van der Waals surface area contributed by atoms with Crippen LogP contribution >= 0.6 is 24.2 Å². The molecule has 112 valence electrons. The summed E-state index contributed by atoms with van der Waals surface area (Å²) >= 11 is 1.57. The van der Waals surface area contributed by atoms with E-state index in [-0.39, 0.29) is 24.4 Å². The minimum atomic E-state index is 0. The van der Waals surface area contributed by atoms with Crippen LogP contribution in [0.2, 0.25) is 0 Å². The molecule has 0 saturated carbocycles. The third-order valence-electron chi connectivity index (χ3n) is 3.57. The molecule has 1 aliphatic heterocycles. The van der Waals surface area contributed by atoms with Crippen LogP contribution in [0.5, 0.6) is 0 Å². The van der Waals surface area contributed by atoms with Crippen LogP contribution in [0.4, 0.5) is 0 Å². The molecule has 2 unspecified atom stereocenters. The molecule has 2 atom stereocenters. The number of likely N-dealkylation sites (tertiary alicyclic amines) is 1. The lowest BCUT2D eigenvalue weighted by molar-refractivity contribution is -0.130. The second kappa shape index (κ2) is 8.49. The van der Waals surface area contributed by atoms with Gasteiger partial charge in [0.25, 0.3) is 0 Å². The number of nitrogens with zero attached hydrogens (tertiary/aromatic N) is 2. The first-order valence-electron chi connectivity index (χ1n) is 6.73. The molecule has 1 aliphatic rings. The highest BCUT2D eigenvalue weighted by Gasteiger charge is 2.25. The molecule has 2 rings (SSSR count). The van der Waals surface area contributed by atoms with Crippen molar-refractivity contribution in [3.05, 3.63) is 24.5 Å². The van der Waals surface area contributed by atoms with Gasteiger partial charge >= 0.3 is 0 Å². The number of rotatable bonds is 4. The van der Waals surface area contributed by atoms with Gasteiger partial charge in [0.1, 0.15) is 0 Å². The maximum atomic E-state index is 12.2. The van der Waals surface area contributed by atoms with Gasteiger partial charge in [-0.3, -0.25) is 9.78 Å². The fourth-order valence-electron chi connectivity index (χ4n) is 2.34. The van der Waals surface area contributed by atoms with E-state index in [1.165, 1.54) is 0 Å². The maximum Gasteiger partial charge on any atom is 0.232 e. The summed E-state index contributed by atoms with van der Waals surface area (Å²) in [5.41, 5.74) is 5.94. The Morgan fingerprint density at radius 3 is 2.90 bits per heavy atom. The number of thioether (sulfide) groups is 1. The lowest BCUT2D eigenvalue weighted by Crippen LogP contribution is -2.45. The summed E-state index contributed by atoms with van der Waals surface area (Å²) in [6.45, 7) is 3.72. The van der Waals surface area contributed by atoms with Crippen molar-refractivity contribution in [1.29, 1.82) is 0 Å². The molecule has 1 saturated heterocycles. The molecule has 0 bridgehead atoms. The van der Waals surface area contributed by atoms with Crippen LogP contribution in [-0.4, -0.2) is 40.7 Å². The summed E-state index contributed by atoms with van der Waals surface area (Å²) in [5.74, 6) is 1.16. The van der Waals surface area contributed by atoms with Crippen LogP contribution < -0.4 is 5.73 Å². The summed E-state index contributed by atoms with van der Waals surface area (Å²) in [4.78, 5) is 19.2. The standard InChI is InChI=1S/C14H21N3OS.ClH/c1-11(15)12-3-2-8-17(9-12)14(18)10-19-13-4-6-16-7-5-13;/h4-7,11-12H,2-3,8-10,15H2,1H3;1H. The molecule has 1 amide bonds. The van der Waals surface area contributed by atoms with Crippen LogP contribution in [0.25, 0.3) is 0 Å². The van der Waals surface area contributed by atoms with Crippen LogP contribution in [0, 0.1) is 5.92 Å². The molecule has 0 aliphatic carbocycles. The first-order valence-corrected chi connectivity index (χ1v) is 7.71. The lowest BCUT2D eigenvalue weighted by Gasteiger charge is -2.34. The van der Waals surface area contributed by atoms with Gasteiger partial charge in [0.15, 0.2) is 0 Å². The number of nitrogens with two attached hydrogens (primary N) is 1. The van der Waals surface area contributed by atoms with Crippen molar-refractivity contribution < 1.29 is 4.79 Å². The van der Waals surface area contributed by atoms with Gasteiger partial charge in [-0.1, -0.05) is 0 Å². The van der Waals surface area contributed by atoms with Crippen molar-refractivity contribution in [2.24, 2.45) is 11.7 Å². The number of hydrogen-bond acceptors (Lipinski definition) is 4. The van der Waals surface area contributed by atoms with E-state index in [1.807, 2.05) is 24.0 Å². The number of amides is 1. The summed E-state index contributed by atoms with van der Waals surface area (Å²) in [6.07, 6.45) is 5.70. The van der Waals surface area contributed by atoms with E-state index < -0.39 is 0 Å². The van der Waals surface area contributed by atoms with E-state index >= 15 is 0 Å². The highest BCUT2D eigenvalue weighted by Crippen LogP contribution is 2.21. The Kier molecular flexibility index (Phi) is 7.34. The molecule has 2 N–H and O–H groups in total. The summed E-state index contributed by atoms with van der Waals surface area (Å²) in [6, 6.07) is 4.03. The van der Waals surface area contributed by atoms with Gasteiger partial charge < -0.3 is 10.6 Å². The van der Waals surface area contributed by atoms with Gasteiger partial charge in [0.2, 0.25) is 5.91 Å². The minimum Gasteiger partial charge on any atom is -0.342 e. The zero-order valence-corrected chi connectivity index (χ0v) is 13.3. The van der Waals surface area contributed by atoms with Crippen molar-refractivity contribution in [2.45, 2.75) is 30.7 Å². The van der Waals surface area contributed by atoms with Crippen molar-refractivity contribution >= 4 is 30.1 Å². The lowest BCUT2D eigenvalue weighted by atomic mass is 9.92. The number of hydrogen-bond donors (Lipinski definition) is 1. The molecule has 20 heavy (non-hydrogen) atoms. The smallest absolute Gasteiger partial charge is 0.232 e. The molecule has 1 aromatic heterocycles. The van der Waals surface area contributed by atoms with Crippen LogP contribution in [0.3, 0.4) is 0 Å². The molecule has 0 spiro atoms. The third kappa shape index (κ3) is 4.96. The average molecular weight is 316 g/mol. The molecule has 4 nitrogen and oxygen atoms in total. The van der Waals surface area contributed by atoms with Crippen LogP contribution in [0.1, 0.15) is 19.8 Å². The Morgan fingerprint density at radius 2 is 2.25 bits per heavy atom. The Hall–Kier alpha value is -0.780. The van der Waals surface area contributed by atoms with Crippen LogP contribution in [0.15, 0.2) is 29.4 Å². The van der Waals surface area contributed by atoms with Crippen LogP contribution in [-0.2, 0) is 4.79 Å². The highest BCUT2D eigenvalue weighted by atomic mass is 35.5. The number of pyridine rings is 1. The quantitative estimate of drug-likeness (QED) is 0.865. The number of piperidine rings is 1. The number of aromatic nitrogens is 1. The SMILES string of the molecule is CC(N)C1CCCN(C(=O)CSc2ccncc2)C1.Cl. The van der Waals surface area contributed by atoms with Crippen molar-refractivity contribution in [2.75, 3.05) is 18.8 Å². The molecular formula is C14H22ClN3OS. The normalized spacial score (nSPS) is 20.1. The first kappa shape index (κ1) is 17.3. The van der Waals surface area contributed by atoms with Gasteiger partial charge in [-0.25, -0.2) is 0 Å². The van der Waals surface area contributed by atoms with E-state index in [0.29, 0.717) is 11.7 Å². The second-order valence-electron chi connectivity index (χ2n) is 5.07. The molecule has 0 radical (unpaired) electrons. The van der Waals surface area contributed by atoms with Gasteiger partial charge in [0.05, 0.1) is 5.75 Å². The molecular weight excluding hydrogens is 294 g/mol. The fourth-order valence-corrected chi connectivity index (χ4v) is 3.12. The summed E-state index contributed by atoms with van der Waals surface area (Å²) in [7, 11) is 0. The number of carbonyl (C=O) groups is 1. The largest absolute Gasteiger partial charge is 0.342 e. The zero-order valence-electron chi connectivity index (χ0n) is 11.7. The minimum absolute atomic E-state index is 0. The monoisotopic (exact) mass is 315 g/mol. The van der Waals surface area contributed by atoms with Gasteiger partial charge in [0, 0.05) is 36.4 Å². The van der Waals surface area contributed by atoms with E-state index in [2.05, 4.69) is 4.98 Å². The topological polar surface area (TPSA) is 59.2 Å². The molecule has 6 heteroatoms. The van der Waals surface area contributed by atoms with E-state index in [4.69, 9.17) is 5.73 Å². The average Bonchev–Trinajstić information content (AvgIpc) is 2.46. The highest BCUT2D eigenvalue weighted by molar-refractivity contribution is 8.00. The van der Waals surface area contributed by atoms with Gasteiger partial charge in [-0.15, -0.1) is 24.2 Å². The Labute approximate surface area is 130 Å². The Balaban J connectivity index is 0.00000200. The molecule has 0 aromatic carbocycles. The van der Waals surface area contributed by atoms with E-state index in [9.17, 15) is 4.79 Å². The maximum absolute atomic E-state index is 12.2. The first-order chi connectivity index (χ1) is 9.16. The predicted molar refractivity (Wildman–Crippen MR) is 85.2 cm³/mol. The zero-order chi connectivity index (χ0) is 13.7. The molecule has 1 fully saturated rings. The Bertz CT molecular complexity index is 416. The summed E-state index contributed by atoms with van der Waals surface area (Å²) < 4.78 is 0.